The molecule has 0 aliphatic rings. The van der Waals surface area contributed by atoms with Crippen molar-refractivity contribution in [2.75, 3.05) is 0 Å². The molecule has 2 aromatic heterocycles. The molecule has 148 valence electrons. The largest absolute Gasteiger partial charge is 0.464 e. The Balaban J connectivity index is 1.59. The molecule has 5 heteroatoms. The van der Waals surface area contributed by atoms with Crippen molar-refractivity contribution >= 4 is 27.8 Å². The van der Waals surface area contributed by atoms with Crippen molar-refractivity contribution in [2.24, 2.45) is 0 Å². The number of aryl methyl sites for hydroxylation is 3. The SMILES string of the molecule is Cc1coc2c(C)c3oc(=O)c(CCC(=O)NCc4ccccc4)c(C)c3cc12. The highest BCUT2D eigenvalue weighted by atomic mass is 16.4. The molecule has 2 heterocycles. The Labute approximate surface area is 168 Å². The fourth-order valence-corrected chi connectivity index (χ4v) is 3.73. The summed E-state index contributed by atoms with van der Waals surface area (Å²) in [5.41, 5.74) is 5.20. The van der Waals surface area contributed by atoms with Gasteiger partial charge in [0.1, 0.15) is 11.2 Å². The summed E-state index contributed by atoms with van der Waals surface area (Å²) in [5.74, 6) is -0.0925. The van der Waals surface area contributed by atoms with Crippen LogP contribution in [0.25, 0.3) is 21.9 Å². The van der Waals surface area contributed by atoms with Crippen LogP contribution in [0.3, 0.4) is 0 Å². The highest BCUT2D eigenvalue weighted by Crippen LogP contribution is 2.32. The van der Waals surface area contributed by atoms with Gasteiger partial charge in [-0.05, 0) is 49.9 Å². The number of nitrogens with one attached hydrogen (secondary N) is 1. The second kappa shape index (κ2) is 7.59. The van der Waals surface area contributed by atoms with Crippen LogP contribution in [-0.2, 0) is 17.8 Å². The normalized spacial score (nSPS) is 11.3. The average molecular weight is 389 g/mol. The van der Waals surface area contributed by atoms with Crippen molar-refractivity contribution in [2.45, 2.75) is 40.2 Å². The van der Waals surface area contributed by atoms with Gasteiger partial charge < -0.3 is 14.2 Å². The van der Waals surface area contributed by atoms with E-state index in [4.69, 9.17) is 8.83 Å². The molecule has 2 aromatic carbocycles. The number of furan rings is 1. The van der Waals surface area contributed by atoms with Crippen LogP contribution in [-0.4, -0.2) is 5.91 Å². The van der Waals surface area contributed by atoms with E-state index in [1.165, 1.54) is 0 Å². The van der Waals surface area contributed by atoms with Crippen molar-refractivity contribution < 1.29 is 13.6 Å². The van der Waals surface area contributed by atoms with Crippen LogP contribution >= 0.6 is 0 Å². The standard InChI is InChI=1S/C24H23NO4/c1-14-13-28-22-16(3)23-20(11-19(14)22)15(2)18(24(27)29-23)9-10-21(26)25-12-17-7-5-4-6-8-17/h4-8,11,13H,9-10,12H2,1-3H3,(H,25,26). The second-order valence-corrected chi connectivity index (χ2v) is 7.43. The third-order valence-electron chi connectivity index (χ3n) is 5.47. The summed E-state index contributed by atoms with van der Waals surface area (Å²) in [6, 6.07) is 11.7. The maximum absolute atomic E-state index is 12.6. The van der Waals surface area contributed by atoms with Gasteiger partial charge in [0.15, 0.2) is 0 Å². The minimum absolute atomic E-state index is 0.0925. The van der Waals surface area contributed by atoms with Crippen LogP contribution in [0.2, 0.25) is 0 Å². The summed E-state index contributed by atoms with van der Waals surface area (Å²) in [6.07, 6.45) is 2.28. The molecule has 5 nitrogen and oxygen atoms in total. The molecule has 4 aromatic rings. The van der Waals surface area contributed by atoms with Crippen LogP contribution in [0.1, 0.15) is 34.2 Å². The third kappa shape index (κ3) is 3.56. The van der Waals surface area contributed by atoms with Gasteiger partial charge in [0.05, 0.1) is 6.26 Å². The molecule has 0 saturated heterocycles. The molecule has 0 atom stereocenters. The molecule has 0 aliphatic carbocycles. The van der Waals surface area contributed by atoms with Gasteiger partial charge in [0.2, 0.25) is 5.91 Å². The van der Waals surface area contributed by atoms with Crippen molar-refractivity contribution in [1.29, 1.82) is 0 Å². The number of carbonyl (C=O) groups excluding carboxylic acids is 1. The summed E-state index contributed by atoms with van der Waals surface area (Å²) in [4.78, 5) is 24.9. The van der Waals surface area contributed by atoms with E-state index >= 15 is 0 Å². The van der Waals surface area contributed by atoms with Crippen LogP contribution in [0.5, 0.6) is 0 Å². The quantitative estimate of drug-likeness (QED) is 0.502. The Morgan fingerprint density at radius 3 is 2.52 bits per heavy atom. The lowest BCUT2D eigenvalue weighted by Crippen LogP contribution is -2.24. The van der Waals surface area contributed by atoms with E-state index in [1.54, 1.807) is 6.26 Å². The predicted molar refractivity (Wildman–Crippen MR) is 113 cm³/mol. The minimum atomic E-state index is -0.392. The van der Waals surface area contributed by atoms with Crippen molar-refractivity contribution in [1.82, 2.24) is 5.32 Å². The number of fused-ring (bicyclic) bond motifs is 2. The molecule has 0 unspecified atom stereocenters. The topological polar surface area (TPSA) is 72.5 Å². The minimum Gasteiger partial charge on any atom is -0.464 e. The van der Waals surface area contributed by atoms with E-state index in [0.717, 1.165) is 38.6 Å². The third-order valence-corrected chi connectivity index (χ3v) is 5.47. The Morgan fingerprint density at radius 2 is 1.76 bits per heavy atom. The van der Waals surface area contributed by atoms with Crippen molar-refractivity contribution in [3.63, 3.8) is 0 Å². The summed E-state index contributed by atoms with van der Waals surface area (Å²) < 4.78 is 11.3. The Hall–Kier alpha value is -3.34. The average Bonchev–Trinajstić information content (AvgIpc) is 3.09. The molecule has 1 amide bonds. The number of amides is 1. The first-order valence-corrected chi connectivity index (χ1v) is 9.70. The number of rotatable bonds is 5. The summed E-state index contributed by atoms with van der Waals surface area (Å²) in [6.45, 7) is 6.27. The van der Waals surface area contributed by atoms with Gasteiger partial charge in [0, 0.05) is 34.9 Å². The Morgan fingerprint density at radius 1 is 1.00 bits per heavy atom. The highest BCUT2D eigenvalue weighted by molar-refractivity contribution is 5.99. The number of hydrogen-bond donors (Lipinski definition) is 1. The van der Waals surface area contributed by atoms with E-state index in [-0.39, 0.29) is 12.3 Å². The molecule has 0 bridgehead atoms. The lowest BCUT2D eigenvalue weighted by Gasteiger charge is -2.10. The first-order valence-electron chi connectivity index (χ1n) is 9.70. The van der Waals surface area contributed by atoms with Gasteiger partial charge in [-0.25, -0.2) is 4.79 Å². The fourth-order valence-electron chi connectivity index (χ4n) is 3.73. The van der Waals surface area contributed by atoms with Crippen LogP contribution < -0.4 is 10.9 Å². The first kappa shape index (κ1) is 19.0. The molecular formula is C24H23NO4. The Kier molecular flexibility index (Phi) is 4.97. The van der Waals surface area contributed by atoms with Crippen LogP contribution in [0.15, 0.2) is 56.3 Å². The van der Waals surface area contributed by atoms with Crippen molar-refractivity contribution in [3.8, 4) is 0 Å². The van der Waals surface area contributed by atoms with Gasteiger partial charge in [0.25, 0.3) is 0 Å². The Bertz CT molecular complexity index is 1270. The van der Waals surface area contributed by atoms with E-state index < -0.39 is 5.63 Å². The van der Waals surface area contributed by atoms with E-state index in [2.05, 4.69) is 5.32 Å². The maximum Gasteiger partial charge on any atom is 0.339 e. The second-order valence-electron chi connectivity index (χ2n) is 7.43. The van der Waals surface area contributed by atoms with Gasteiger partial charge in [-0.1, -0.05) is 30.3 Å². The fraction of sp³-hybridized carbons (Fsp3) is 0.250. The molecule has 4 rings (SSSR count). The smallest absolute Gasteiger partial charge is 0.339 e. The summed E-state index contributed by atoms with van der Waals surface area (Å²) in [5, 5.41) is 4.80. The molecule has 0 saturated carbocycles. The molecular weight excluding hydrogens is 366 g/mol. The van der Waals surface area contributed by atoms with Crippen molar-refractivity contribution in [3.05, 3.63) is 80.9 Å². The number of hydrogen-bond acceptors (Lipinski definition) is 4. The molecule has 0 aliphatic heterocycles. The molecule has 29 heavy (non-hydrogen) atoms. The van der Waals surface area contributed by atoms with E-state index in [9.17, 15) is 9.59 Å². The van der Waals surface area contributed by atoms with Crippen LogP contribution in [0.4, 0.5) is 0 Å². The van der Waals surface area contributed by atoms with Gasteiger partial charge in [-0.2, -0.15) is 0 Å². The number of carbonyl (C=O) groups is 1. The summed E-state index contributed by atoms with van der Waals surface area (Å²) in [7, 11) is 0. The predicted octanol–water partition coefficient (Wildman–Crippen LogP) is 4.71. The monoisotopic (exact) mass is 389 g/mol. The van der Waals surface area contributed by atoms with Gasteiger partial charge >= 0.3 is 5.63 Å². The lowest BCUT2D eigenvalue weighted by molar-refractivity contribution is -0.121. The zero-order valence-corrected chi connectivity index (χ0v) is 16.8. The maximum atomic E-state index is 12.6. The molecule has 1 N–H and O–H groups in total. The van der Waals surface area contributed by atoms with E-state index in [1.807, 2.05) is 57.2 Å². The number of benzene rings is 2. The zero-order valence-electron chi connectivity index (χ0n) is 16.8. The zero-order chi connectivity index (χ0) is 20.5. The molecule has 0 radical (unpaired) electrons. The molecule has 0 fully saturated rings. The van der Waals surface area contributed by atoms with Gasteiger partial charge in [-0.3, -0.25) is 4.79 Å². The van der Waals surface area contributed by atoms with Crippen LogP contribution in [0, 0.1) is 20.8 Å². The van der Waals surface area contributed by atoms with Gasteiger partial charge in [-0.15, -0.1) is 0 Å². The summed E-state index contributed by atoms with van der Waals surface area (Å²) >= 11 is 0. The first-order chi connectivity index (χ1) is 14.0. The molecule has 0 spiro atoms. The van der Waals surface area contributed by atoms with E-state index in [0.29, 0.717) is 24.1 Å². The highest BCUT2D eigenvalue weighted by Gasteiger charge is 2.18. The lowest BCUT2D eigenvalue weighted by atomic mass is 9.98.